The fourth-order valence-corrected chi connectivity index (χ4v) is 0.578. The maximum Gasteiger partial charge on any atom is 0.377 e. The lowest BCUT2D eigenvalue weighted by Gasteiger charge is -2.02. The van der Waals surface area contributed by atoms with Gasteiger partial charge in [0.15, 0.2) is 0 Å². The van der Waals surface area contributed by atoms with Gasteiger partial charge in [-0.2, -0.15) is 4.89 Å². The standard InChI is InChI=1S/C7H8O4/c1-9-7(8)6-4-2-3-5-10-11-6/h2-4H,5H2,1H3. The molecule has 0 aromatic carbocycles. The van der Waals surface area contributed by atoms with Crippen LogP contribution in [0.4, 0.5) is 0 Å². The smallest absolute Gasteiger partial charge is 0.377 e. The predicted molar refractivity (Wildman–Crippen MR) is 36.3 cm³/mol. The summed E-state index contributed by atoms with van der Waals surface area (Å²) in [6.07, 6.45) is 4.87. The summed E-state index contributed by atoms with van der Waals surface area (Å²) < 4.78 is 4.40. The predicted octanol–water partition coefficient (Wildman–Crippen LogP) is 0.561. The molecule has 0 saturated carbocycles. The van der Waals surface area contributed by atoms with Crippen LogP contribution < -0.4 is 0 Å². The summed E-state index contributed by atoms with van der Waals surface area (Å²) in [5, 5.41) is 0. The van der Waals surface area contributed by atoms with Crippen molar-refractivity contribution in [2.75, 3.05) is 13.7 Å². The molecule has 0 aromatic heterocycles. The van der Waals surface area contributed by atoms with Gasteiger partial charge in [-0.05, 0) is 6.08 Å². The molecular formula is C7H8O4. The Morgan fingerprint density at radius 3 is 3.27 bits per heavy atom. The first-order chi connectivity index (χ1) is 5.34. The molecule has 1 aliphatic heterocycles. The first-order valence-electron chi connectivity index (χ1n) is 3.09. The van der Waals surface area contributed by atoms with Crippen LogP contribution in [0.3, 0.4) is 0 Å². The molecule has 4 nitrogen and oxygen atoms in total. The van der Waals surface area contributed by atoms with Crippen LogP contribution in [0.25, 0.3) is 0 Å². The Kier molecular flexibility index (Phi) is 2.68. The zero-order valence-electron chi connectivity index (χ0n) is 6.07. The third-order valence-electron chi connectivity index (χ3n) is 1.08. The van der Waals surface area contributed by atoms with Gasteiger partial charge in [0.2, 0.25) is 5.76 Å². The van der Waals surface area contributed by atoms with Crippen LogP contribution in [0.2, 0.25) is 0 Å². The minimum atomic E-state index is -0.545. The minimum absolute atomic E-state index is 0.0567. The first kappa shape index (κ1) is 7.81. The van der Waals surface area contributed by atoms with Crippen molar-refractivity contribution in [3.8, 4) is 0 Å². The van der Waals surface area contributed by atoms with Gasteiger partial charge < -0.3 is 9.62 Å². The Bertz CT molecular complexity index is 204. The highest BCUT2D eigenvalue weighted by Crippen LogP contribution is 2.04. The molecule has 0 N–H and O–H groups in total. The fraction of sp³-hybridized carbons (Fsp3) is 0.286. The molecule has 0 aliphatic carbocycles. The average molecular weight is 156 g/mol. The molecular weight excluding hydrogens is 148 g/mol. The van der Waals surface area contributed by atoms with Gasteiger partial charge >= 0.3 is 5.97 Å². The molecule has 0 aromatic rings. The number of hydrogen-bond acceptors (Lipinski definition) is 4. The van der Waals surface area contributed by atoms with Crippen molar-refractivity contribution in [1.82, 2.24) is 0 Å². The Morgan fingerprint density at radius 1 is 1.73 bits per heavy atom. The van der Waals surface area contributed by atoms with E-state index in [1.54, 1.807) is 12.2 Å². The first-order valence-corrected chi connectivity index (χ1v) is 3.09. The second kappa shape index (κ2) is 3.78. The summed E-state index contributed by atoms with van der Waals surface area (Å²) >= 11 is 0. The van der Waals surface area contributed by atoms with Crippen molar-refractivity contribution >= 4 is 5.97 Å². The summed E-state index contributed by atoms with van der Waals surface area (Å²) in [5.74, 6) is -0.488. The molecule has 0 bridgehead atoms. The summed E-state index contributed by atoms with van der Waals surface area (Å²) in [6.45, 7) is 0.330. The highest BCUT2D eigenvalue weighted by molar-refractivity contribution is 5.86. The van der Waals surface area contributed by atoms with Crippen molar-refractivity contribution < 1.29 is 19.3 Å². The van der Waals surface area contributed by atoms with Gasteiger partial charge in [-0.25, -0.2) is 4.79 Å². The average Bonchev–Trinajstić information content (AvgIpc) is 2.30. The molecule has 4 heteroatoms. The molecule has 0 amide bonds. The SMILES string of the molecule is COC(=O)C1=CC=CCOO1. The van der Waals surface area contributed by atoms with Crippen LogP contribution in [-0.4, -0.2) is 19.7 Å². The number of carbonyl (C=O) groups is 1. The third-order valence-corrected chi connectivity index (χ3v) is 1.08. The van der Waals surface area contributed by atoms with Crippen molar-refractivity contribution in [2.24, 2.45) is 0 Å². The summed E-state index contributed by atoms with van der Waals surface area (Å²) in [6, 6.07) is 0. The summed E-state index contributed by atoms with van der Waals surface area (Å²) in [4.78, 5) is 19.9. The van der Waals surface area contributed by atoms with Gasteiger partial charge in [-0.15, -0.1) is 0 Å². The molecule has 0 spiro atoms. The molecule has 1 aliphatic rings. The van der Waals surface area contributed by atoms with Crippen molar-refractivity contribution in [2.45, 2.75) is 0 Å². The summed E-state index contributed by atoms with van der Waals surface area (Å²) in [7, 11) is 1.28. The largest absolute Gasteiger partial charge is 0.463 e. The van der Waals surface area contributed by atoms with Crippen LogP contribution in [0.5, 0.6) is 0 Å². The van der Waals surface area contributed by atoms with E-state index in [1.165, 1.54) is 13.2 Å². The zero-order chi connectivity index (χ0) is 8.10. The minimum Gasteiger partial charge on any atom is -0.463 e. The van der Waals surface area contributed by atoms with Gasteiger partial charge in [-0.3, -0.25) is 0 Å². The maximum atomic E-state index is 10.8. The highest BCUT2D eigenvalue weighted by atomic mass is 17.2. The van der Waals surface area contributed by atoms with E-state index in [1.807, 2.05) is 0 Å². The molecule has 1 heterocycles. The van der Waals surface area contributed by atoms with E-state index >= 15 is 0 Å². The van der Waals surface area contributed by atoms with Gasteiger partial charge in [0.25, 0.3) is 0 Å². The number of methoxy groups -OCH3 is 1. The molecule has 0 unspecified atom stereocenters. The number of esters is 1. The van der Waals surface area contributed by atoms with Crippen LogP contribution >= 0.6 is 0 Å². The van der Waals surface area contributed by atoms with Crippen LogP contribution in [0.1, 0.15) is 0 Å². The topological polar surface area (TPSA) is 44.8 Å². The number of ether oxygens (including phenoxy) is 1. The Morgan fingerprint density at radius 2 is 2.55 bits per heavy atom. The normalized spacial score (nSPS) is 16.3. The Balaban J connectivity index is 2.62. The number of hydrogen-bond donors (Lipinski definition) is 0. The molecule has 0 saturated heterocycles. The number of rotatable bonds is 1. The third kappa shape index (κ3) is 2.09. The number of allylic oxidation sites excluding steroid dienone is 2. The Hall–Kier alpha value is -1.29. The molecule has 1 rings (SSSR count). The zero-order valence-corrected chi connectivity index (χ0v) is 6.07. The van der Waals surface area contributed by atoms with E-state index in [9.17, 15) is 4.79 Å². The molecule has 0 fully saturated rings. The second-order valence-electron chi connectivity index (χ2n) is 1.82. The van der Waals surface area contributed by atoms with Gasteiger partial charge in [-0.1, -0.05) is 12.2 Å². The van der Waals surface area contributed by atoms with Crippen molar-refractivity contribution in [3.05, 3.63) is 24.0 Å². The maximum absolute atomic E-state index is 10.8. The quantitative estimate of drug-likeness (QED) is 0.411. The van der Waals surface area contributed by atoms with E-state index < -0.39 is 5.97 Å². The fourth-order valence-electron chi connectivity index (χ4n) is 0.578. The highest BCUT2D eigenvalue weighted by Gasteiger charge is 2.12. The van der Waals surface area contributed by atoms with E-state index in [0.29, 0.717) is 6.61 Å². The monoisotopic (exact) mass is 156 g/mol. The van der Waals surface area contributed by atoms with E-state index in [-0.39, 0.29) is 5.76 Å². The van der Waals surface area contributed by atoms with Crippen LogP contribution in [0, 0.1) is 0 Å². The van der Waals surface area contributed by atoms with Gasteiger partial charge in [0.05, 0.1) is 7.11 Å². The Labute approximate surface area is 64.0 Å². The van der Waals surface area contributed by atoms with E-state index in [0.717, 1.165) is 0 Å². The lowest BCUT2D eigenvalue weighted by molar-refractivity contribution is -0.253. The second-order valence-corrected chi connectivity index (χ2v) is 1.82. The molecule has 0 atom stereocenters. The van der Waals surface area contributed by atoms with Gasteiger partial charge in [0, 0.05) is 0 Å². The summed E-state index contributed by atoms with van der Waals surface area (Å²) in [5.41, 5.74) is 0. The van der Waals surface area contributed by atoms with E-state index in [2.05, 4.69) is 14.5 Å². The lowest BCUT2D eigenvalue weighted by atomic mass is 10.4. The van der Waals surface area contributed by atoms with Gasteiger partial charge in [0.1, 0.15) is 6.61 Å². The molecule has 60 valence electrons. The molecule has 0 radical (unpaired) electrons. The van der Waals surface area contributed by atoms with Crippen LogP contribution in [0.15, 0.2) is 24.0 Å². The van der Waals surface area contributed by atoms with Crippen molar-refractivity contribution in [1.29, 1.82) is 0 Å². The molecule has 11 heavy (non-hydrogen) atoms. The number of carbonyl (C=O) groups excluding carboxylic acids is 1. The van der Waals surface area contributed by atoms with Crippen molar-refractivity contribution in [3.63, 3.8) is 0 Å². The lowest BCUT2D eigenvalue weighted by Crippen LogP contribution is -2.07. The van der Waals surface area contributed by atoms with Crippen LogP contribution in [-0.2, 0) is 19.3 Å². The van der Waals surface area contributed by atoms with E-state index in [4.69, 9.17) is 0 Å².